The van der Waals surface area contributed by atoms with Crippen molar-refractivity contribution in [3.63, 3.8) is 0 Å². The molecule has 1 amide bonds. The molecule has 0 aliphatic carbocycles. The van der Waals surface area contributed by atoms with Gasteiger partial charge in [-0.15, -0.1) is 0 Å². The van der Waals surface area contributed by atoms with Gasteiger partial charge in [0.15, 0.2) is 6.61 Å². The number of hydrogen-bond acceptors (Lipinski definition) is 6. The Balaban J connectivity index is 1.55. The first-order valence-corrected chi connectivity index (χ1v) is 10.9. The van der Waals surface area contributed by atoms with Gasteiger partial charge < -0.3 is 8.92 Å². The summed E-state index contributed by atoms with van der Waals surface area (Å²) in [4.78, 5) is 11.9. The lowest BCUT2D eigenvalue weighted by molar-refractivity contribution is -0.123. The fourth-order valence-electron chi connectivity index (χ4n) is 2.42. The largest absolute Gasteiger partial charge is 0.484 e. The van der Waals surface area contributed by atoms with Crippen molar-refractivity contribution in [3.05, 3.63) is 88.9 Å². The first kappa shape index (κ1) is 22.3. The van der Waals surface area contributed by atoms with Crippen LogP contribution in [0.5, 0.6) is 11.5 Å². The fourth-order valence-corrected chi connectivity index (χ4v) is 3.47. The van der Waals surface area contributed by atoms with Crippen molar-refractivity contribution in [1.82, 2.24) is 5.43 Å². The van der Waals surface area contributed by atoms with Gasteiger partial charge in [0.05, 0.1) is 6.21 Å². The topological polar surface area (TPSA) is 94.1 Å². The zero-order valence-electron chi connectivity index (χ0n) is 16.5. The van der Waals surface area contributed by atoms with Gasteiger partial charge in [-0.2, -0.15) is 13.5 Å². The molecule has 0 unspecified atom stereocenters. The number of halogens is 1. The molecule has 0 aliphatic heterocycles. The molecule has 3 rings (SSSR count). The van der Waals surface area contributed by atoms with Gasteiger partial charge in [-0.25, -0.2) is 5.43 Å². The van der Waals surface area contributed by atoms with Crippen LogP contribution >= 0.6 is 11.6 Å². The van der Waals surface area contributed by atoms with E-state index in [0.717, 1.165) is 5.56 Å². The van der Waals surface area contributed by atoms with Crippen molar-refractivity contribution in [2.45, 2.75) is 11.8 Å². The SMILES string of the molecule is Cc1ccc(S(=O)(=O)Oc2cccc(C=NNC(=O)COc3ccc(Cl)cc3)c2)cc1. The van der Waals surface area contributed by atoms with Gasteiger partial charge in [0.1, 0.15) is 16.4 Å². The molecule has 0 aromatic heterocycles. The number of nitrogens with one attached hydrogen (secondary N) is 1. The van der Waals surface area contributed by atoms with Crippen LogP contribution in [0.2, 0.25) is 5.02 Å². The number of carbonyl (C=O) groups excluding carboxylic acids is 1. The minimum atomic E-state index is -3.96. The highest BCUT2D eigenvalue weighted by Gasteiger charge is 2.16. The number of carbonyl (C=O) groups is 1. The predicted molar refractivity (Wildman–Crippen MR) is 118 cm³/mol. The molecule has 9 heteroatoms. The molecule has 0 heterocycles. The predicted octanol–water partition coefficient (Wildman–Crippen LogP) is 3.95. The Morgan fingerprint density at radius 1 is 1.03 bits per heavy atom. The van der Waals surface area contributed by atoms with Crippen molar-refractivity contribution in [3.8, 4) is 11.5 Å². The molecule has 0 saturated carbocycles. The average Bonchev–Trinajstić information content (AvgIpc) is 2.74. The zero-order chi connectivity index (χ0) is 22.3. The lowest BCUT2D eigenvalue weighted by atomic mass is 10.2. The molecule has 0 bridgehead atoms. The van der Waals surface area contributed by atoms with Crippen LogP contribution in [0.25, 0.3) is 0 Å². The molecular formula is C22H19ClN2O5S. The number of nitrogens with zero attached hydrogens (tertiary/aromatic N) is 1. The molecule has 0 spiro atoms. The van der Waals surface area contributed by atoms with E-state index in [-0.39, 0.29) is 17.3 Å². The average molecular weight is 459 g/mol. The molecule has 0 radical (unpaired) electrons. The Kier molecular flexibility index (Phi) is 7.28. The van der Waals surface area contributed by atoms with Crippen molar-refractivity contribution in [2.24, 2.45) is 5.10 Å². The summed E-state index contributed by atoms with van der Waals surface area (Å²) in [5, 5.41) is 4.41. The molecule has 0 aliphatic rings. The summed E-state index contributed by atoms with van der Waals surface area (Å²) in [6, 6.07) is 19.3. The van der Waals surface area contributed by atoms with E-state index in [9.17, 15) is 13.2 Å². The van der Waals surface area contributed by atoms with Crippen molar-refractivity contribution >= 4 is 33.8 Å². The van der Waals surface area contributed by atoms with E-state index in [1.807, 2.05) is 6.92 Å². The Morgan fingerprint density at radius 3 is 2.45 bits per heavy atom. The standard InChI is InChI=1S/C22H19ClN2O5S/c1-16-5-11-21(12-6-16)31(27,28)30-20-4-2-3-17(13-20)14-24-25-22(26)15-29-19-9-7-18(23)8-10-19/h2-14H,15H2,1H3,(H,25,26). The van der Waals surface area contributed by atoms with Crippen LogP contribution < -0.4 is 14.3 Å². The molecule has 0 fully saturated rings. The third-order valence-electron chi connectivity index (χ3n) is 3.96. The maximum absolute atomic E-state index is 12.4. The second kappa shape index (κ2) is 10.1. The summed E-state index contributed by atoms with van der Waals surface area (Å²) in [7, 11) is -3.96. The zero-order valence-corrected chi connectivity index (χ0v) is 18.1. The van der Waals surface area contributed by atoms with Crippen molar-refractivity contribution in [2.75, 3.05) is 6.61 Å². The quantitative estimate of drug-likeness (QED) is 0.313. The molecule has 0 atom stereocenters. The Hall–Kier alpha value is -3.36. The Bertz CT molecular complexity index is 1180. The number of aryl methyl sites for hydroxylation is 1. The van der Waals surface area contributed by atoms with Crippen LogP contribution in [0.1, 0.15) is 11.1 Å². The molecule has 3 aromatic rings. The molecule has 3 aromatic carbocycles. The lowest BCUT2D eigenvalue weighted by Gasteiger charge is -2.08. The summed E-state index contributed by atoms with van der Waals surface area (Å²) in [6.07, 6.45) is 1.37. The second-order valence-corrected chi connectivity index (χ2v) is 8.44. The number of ether oxygens (including phenoxy) is 1. The van der Waals surface area contributed by atoms with E-state index in [4.69, 9.17) is 20.5 Å². The van der Waals surface area contributed by atoms with E-state index in [1.54, 1.807) is 48.5 Å². The normalized spacial score (nSPS) is 11.3. The summed E-state index contributed by atoms with van der Waals surface area (Å²) in [5.41, 5.74) is 3.81. The highest BCUT2D eigenvalue weighted by molar-refractivity contribution is 7.87. The lowest BCUT2D eigenvalue weighted by Crippen LogP contribution is -2.24. The van der Waals surface area contributed by atoms with Gasteiger partial charge >= 0.3 is 10.1 Å². The van der Waals surface area contributed by atoms with Crippen LogP contribution in [0.15, 0.2) is 82.8 Å². The summed E-state index contributed by atoms with van der Waals surface area (Å²) >= 11 is 5.79. The minimum Gasteiger partial charge on any atom is -0.484 e. The van der Waals surface area contributed by atoms with Gasteiger partial charge in [0, 0.05) is 5.02 Å². The van der Waals surface area contributed by atoms with E-state index in [1.165, 1.54) is 30.5 Å². The highest BCUT2D eigenvalue weighted by atomic mass is 35.5. The van der Waals surface area contributed by atoms with Crippen LogP contribution in [-0.2, 0) is 14.9 Å². The van der Waals surface area contributed by atoms with Gasteiger partial charge in [-0.05, 0) is 61.0 Å². The number of amides is 1. The minimum absolute atomic E-state index is 0.0603. The van der Waals surface area contributed by atoms with Crippen molar-refractivity contribution < 1.29 is 22.1 Å². The van der Waals surface area contributed by atoms with Crippen LogP contribution in [0.3, 0.4) is 0 Å². The summed E-state index contributed by atoms with van der Waals surface area (Å²) < 4.78 is 35.3. The number of rotatable bonds is 8. The van der Waals surface area contributed by atoms with E-state index in [2.05, 4.69) is 10.5 Å². The van der Waals surface area contributed by atoms with Gasteiger partial charge in [-0.1, -0.05) is 41.4 Å². The van der Waals surface area contributed by atoms with E-state index in [0.29, 0.717) is 16.3 Å². The van der Waals surface area contributed by atoms with E-state index >= 15 is 0 Å². The van der Waals surface area contributed by atoms with Crippen LogP contribution in [-0.4, -0.2) is 27.1 Å². The first-order chi connectivity index (χ1) is 14.8. The smallest absolute Gasteiger partial charge is 0.339 e. The summed E-state index contributed by atoms with van der Waals surface area (Å²) in [5.74, 6) is 0.172. The van der Waals surface area contributed by atoms with E-state index < -0.39 is 16.0 Å². The fraction of sp³-hybridized carbons (Fsp3) is 0.0909. The monoisotopic (exact) mass is 458 g/mol. The Morgan fingerprint density at radius 2 is 1.74 bits per heavy atom. The number of benzene rings is 3. The van der Waals surface area contributed by atoms with Crippen LogP contribution in [0, 0.1) is 6.92 Å². The third kappa shape index (κ3) is 6.84. The highest BCUT2D eigenvalue weighted by Crippen LogP contribution is 2.20. The number of hydrazone groups is 1. The van der Waals surface area contributed by atoms with Gasteiger partial charge in [0.2, 0.25) is 0 Å². The first-order valence-electron chi connectivity index (χ1n) is 9.13. The third-order valence-corrected chi connectivity index (χ3v) is 5.47. The van der Waals surface area contributed by atoms with Crippen LogP contribution in [0.4, 0.5) is 0 Å². The van der Waals surface area contributed by atoms with Crippen molar-refractivity contribution in [1.29, 1.82) is 0 Å². The molecule has 160 valence electrons. The summed E-state index contributed by atoms with van der Waals surface area (Å²) in [6.45, 7) is 1.64. The maximum atomic E-state index is 12.4. The molecular weight excluding hydrogens is 440 g/mol. The molecule has 7 nitrogen and oxygen atoms in total. The number of hydrogen-bond donors (Lipinski definition) is 1. The maximum Gasteiger partial charge on any atom is 0.339 e. The molecule has 31 heavy (non-hydrogen) atoms. The Labute approximate surface area is 185 Å². The second-order valence-electron chi connectivity index (χ2n) is 6.46. The molecule has 1 N–H and O–H groups in total. The van der Waals surface area contributed by atoms with Gasteiger partial charge in [0.25, 0.3) is 5.91 Å². The molecule has 0 saturated heterocycles. The van der Waals surface area contributed by atoms with Gasteiger partial charge in [-0.3, -0.25) is 4.79 Å².